The van der Waals surface area contributed by atoms with Gasteiger partial charge in [-0.2, -0.15) is 0 Å². The van der Waals surface area contributed by atoms with Crippen molar-refractivity contribution in [1.82, 2.24) is 9.88 Å². The number of likely N-dealkylation sites (N-methyl/N-ethyl adjacent to an activating group) is 1. The number of ether oxygens (including phenoxy) is 1. The molecule has 0 aliphatic rings. The maximum Gasteiger partial charge on any atom is 0.233 e. The van der Waals surface area contributed by atoms with Crippen molar-refractivity contribution in [2.24, 2.45) is 0 Å². The number of hydrogen-bond acceptors (Lipinski definition) is 6. The zero-order chi connectivity index (χ0) is 21.0. The normalized spacial score (nSPS) is 10.9. The number of rotatable bonds is 8. The largest absolute Gasteiger partial charge is 0.494 e. The highest BCUT2D eigenvalue weighted by Crippen LogP contribution is 2.38. The number of methoxy groups -OCH3 is 1. The molecule has 0 bridgehead atoms. The lowest BCUT2D eigenvalue weighted by Crippen LogP contribution is -2.37. The van der Waals surface area contributed by atoms with E-state index in [9.17, 15) is 4.79 Å². The van der Waals surface area contributed by atoms with Gasteiger partial charge in [0, 0.05) is 18.0 Å². The van der Waals surface area contributed by atoms with Crippen LogP contribution in [0.1, 0.15) is 5.56 Å². The van der Waals surface area contributed by atoms with Crippen LogP contribution >= 0.6 is 47.1 Å². The fourth-order valence-corrected chi connectivity index (χ4v) is 4.57. The van der Waals surface area contributed by atoms with Crippen molar-refractivity contribution in [2.45, 2.75) is 11.3 Å². The summed E-state index contributed by atoms with van der Waals surface area (Å²) in [5.74, 6) is 0.664. The highest BCUT2D eigenvalue weighted by atomic mass is 35.5. The minimum absolute atomic E-state index is 0. The molecule has 5 nitrogen and oxygen atoms in total. The molecule has 30 heavy (non-hydrogen) atoms. The Morgan fingerprint density at radius 1 is 1.17 bits per heavy atom. The summed E-state index contributed by atoms with van der Waals surface area (Å²) in [6.45, 7) is 1.28. The summed E-state index contributed by atoms with van der Waals surface area (Å²) in [6, 6.07) is 11.7. The minimum atomic E-state index is 0. The highest BCUT2D eigenvalue weighted by molar-refractivity contribution is 7.98. The van der Waals surface area contributed by atoms with E-state index in [-0.39, 0.29) is 18.3 Å². The SMILES string of the molecule is COc1ccc(Cl)c2sc(N(CCN(C)C)C(=O)Cc3ccc(SC)cc3)nc12.Cl. The monoisotopic (exact) mass is 485 g/mol. The van der Waals surface area contributed by atoms with E-state index in [1.807, 2.05) is 44.6 Å². The van der Waals surface area contributed by atoms with Gasteiger partial charge in [-0.25, -0.2) is 4.98 Å². The Labute approximate surface area is 196 Å². The molecule has 0 radical (unpaired) electrons. The van der Waals surface area contributed by atoms with Crippen molar-refractivity contribution < 1.29 is 9.53 Å². The highest BCUT2D eigenvalue weighted by Gasteiger charge is 2.22. The predicted octanol–water partition coefficient (Wildman–Crippen LogP) is 5.24. The van der Waals surface area contributed by atoms with Crippen LogP contribution in [0.15, 0.2) is 41.3 Å². The molecule has 1 amide bonds. The number of thiazole rings is 1. The predicted molar refractivity (Wildman–Crippen MR) is 131 cm³/mol. The molecule has 0 aliphatic heterocycles. The third-order valence-corrected chi connectivity index (χ3v) is 6.77. The maximum atomic E-state index is 13.2. The van der Waals surface area contributed by atoms with Crippen LogP contribution in [0, 0.1) is 0 Å². The minimum Gasteiger partial charge on any atom is -0.494 e. The van der Waals surface area contributed by atoms with Gasteiger partial charge in [-0.15, -0.1) is 24.2 Å². The molecule has 0 spiro atoms. The summed E-state index contributed by atoms with van der Waals surface area (Å²) in [4.78, 5) is 22.9. The van der Waals surface area contributed by atoms with Crippen molar-refractivity contribution in [3.63, 3.8) is 0 Å². The van der Waals surface area contributed by atoms with Crippen LogP contribution in [-0.2, 0) is 11.2 Å². The Morgan fingerprint density at radius 3 is 2.47 bits per heavy atom. The third-order valence-electron chi connectivity index (χ3n) is 4.48. The van der Waals surface area contributed by atoms with E-state index in [0.717, 1.165) is 16.8 Å². The number of carbonyl (C=O) groups excluding carboxylic acids is 1. The third kappa shape index (κ3) is 5.80. The number of aromatic nitrogens is 1. The van der Waals surface area contributed by atoms with Crippen molar-refractivity contribution in [3.8, 4) is 5.75 Å². The number of carbonyl (C=O) groups is 1. The molecule has 1 heterocycles. The van der Waals surface area contributed by atoms with Gasteiger partial charge in [0.15, 0.2) is 5.13 Å². The van der Waals surface area contributed by atoms with E-state index in [4.69, 9.17) is 21.3 Å². The Kier molecular flexibility index (Phi) is 9.25. The molecule has 0 N–H and O–H groups in total. The molecule has 9 heteroatoms. The molecule has 0 saturated heterocycles. The topological polar surface area (TPSA) is 45.7 Å². The molecule has 0 aliphatic carbocycles. The summed E-state index contributed by atoms with van der Waals surface area (Å²) in [5, 5.41) is 1.25. The molecule has 0 atom stereocenters. The van der Waals surface area contributed by atoms with Crippen molar-refractivity contribution in [1.29, 1.82) is 0 Å². The van der Waals surface area contributed by atoms with Gasteiger partial charge >= 0.3 is 0 Å². The molecular formula is C21H25Cl2N3O2S2. The summed E-state index contributed by atoms with van der Waals surface area (Å²) < 4.78 is 6.25. The number of nitrogens with zero attached hydrogens (tertiary/aromatic N) is 3. The lowest BCUT2D eigenvalue weighted by atomic mass is 10.1. The van der Waals surface area contributed by atoms with Crippen LogP contribution in [-0.4, -0.2) is 56.3 Å². The van der Waals surface area contributed by atoms with E-state index in [1.54, 1.807) is 35.9 Å². The lowest BCUT2D eigenvalue weighted by Gasteiger charge is -2.22. The standard InChI is InChI=1S/C21H24ClN3O2S2.ClH/c1-24(2)11-12-25(18(26)13-14-5-7-15(28-4)8-6-14)21-23-19-17(27-3)10-9-16(22)20(19)29-21;/h5-10H,11-13H2,1-4H3;1H. The fourth-order valence-electron chi connectivity index (χ4n) is 2.86. The van der Waals surface area contributed by atoms with Gasteiger partial charge < -0.3 is 9.64 Å². The summed E-state index contributed by atoms with van der Waals surface area (Å²) >= 11 is 9.47. The first-order valence-electron chi connectivity index (χ1n) is 9.14. The molecule has 1 aromatic heterocycles. The van der Waals surface area contributed by atoms with Crippen LogP contribution in [0.3, 0.4) is 0 Å². The Morgan fingerprint density at radius 2 is 1.87 bits per heavy atom. The maximum absolute atomic E-state index is 13.2. The van der Waals surface area contributed by atoms with E-state index < -0.39 is 0 Å². The van der Waals surface area contributed by atoms with E-state index >= 15 is 0 Å². The average Bonchev–Trinajstić information content (AvgIpc) is 3.15. The zero-order valence-corrected chi connectivity index (χ0v) is 20.6. The molecular weight excluding hydrogens is 461 g/mol. The number of halogens is 2. The Hall–Kier alpha value is -1.51. The Balaban J connectivity index is 0.00000320. The average molecular weight is 486 g/mol. The summed E-state index contributed by atoms with van der Waals surface area (Å²) in [6.07, 6.45) is 2.36. The molecule has 3 rings (SSSR count). The van der Waals surface area contributed by atoms with Crippen molar-refractivity contribution in [3.05, 3.63) is 47.0 Å². The molecule has 0 fully saturated rings. The summed E-state index contributed by atoms with van der Waals surface area (Å²) in [5.41, 5.74) is 1.67. The lowest BCUT2D eigenvalue weighted by molar-refractivity contribution is -0.118. The van der Waals surface area contributed by atoms with Gasteiger partial charge in [-0.3, -0.25) is 9.69 Å². The van der Waals surface area contributed by atoms with Crippen LogP contribution in [0.25, 0.3) is 10.2 Å². The first-order valence-corrected chi connectivity index (χ1v) is 11.6. The first-order chi connectivity index (χ1) is 13.9. The number of anilines is 1. The van der Waals surface area contributed by atoms with Gasteiger partial charge in [-0.05, 0) is 50.2 Å². The van der Waals surface area contributed by atoms with Gasteiger partial charge in [0.1, 0.15) is 11.3 Å². The second-order valence-corrected chi connectivity index (χ2v) is 9.06. The van der Waals surface area contributed by atoms with Gasteiger partial charge in [0.25, 0.3) is 0 Å². The van der Waals surface area contributed by atoms with Crippen molar-refractivity contribution >= 4 is 68.4 Å². The van der Waals surface area contributed by atoms with Crippen LogP contribution < -0.4 is 9.64 Å². The van der Waals surface area contributed by atoms with Gasteiger partial charge in [-0.1, -0.05) is 35.1 Å². The molecule has 0 saturated carbocycles. The quantitative estimate of drug-likeness (QED) is 0.408. The number of amides is 1. The summed E-state index contributed by atoms with van der Waals surface area (Å²) in [7, 11) is 5.58. The zero-order valence-electron chi connectivity index (χ0n) is 17.3. The van der Waals surface area contributed by atoms with Crippen LogP contribution in [0.2, 0.25) is 5.02 Å². The molecule has 162 valence electrons. The molecule has 0 unspecified atom stereocenters. The van der Waals surface area contributed by atoms with Gasteiger partial charge in [0.2, 0.25) is 5.91 Å². The molecule has 2 aromatic carbocycles. The van der Waals surface area contributed by atoms with Crippen LogP contribution in [0.4, 0.5) is 5.13 Å². The number of fused-ring (bicyclic) bond motifs is 1. The number of thioether (sulfide) groups is 1. The second kappa shape index (κ2) is 11.2. The van der Waals surface area contributed by atoms with Crippen LogP contribution in [0.5, 0.6) is 5.75 Å². The van der Waals surface area contributed by atoms with Gasteiger partial charge in [0.05, 0.1) is 23.3 Å². The Bertz CT molecular complexity index is 994. The number of benzene rings is 2. The van der Waals surface area contributed by atoms with Crippen molar-refractivity contribution in [2.75, 3.05) is 45.5 Å². The van der Waals surface area contributed by atoms with E-state index in [1.165, 1.54) is 16.2 Å². The number of hydrogen-bond donors (Lipinski definition) is 0. The molecule has 3 aromatic rings. The second-order valence-electron chi connectivity index (χ2n) is 6.80. The fraction of sp³-hybridized carbons (Fsp3) is 0.333. The smallest absolute Gasteiger partial charge is 0.233 e. The van der Waals surface area contributed by atoms with E-state index in [0.29, 0.717) is 34.4 Å². The van der Waals surface area contributed by atoms with E-state index in [2.05, 4.69) is 4.90 Å². The first kappa shape index (κ1) is 24.8.